The van der Waals surface area contributed by atoms with Crippen LogP contribution in [0, 0.1) is 5.92 Å². The smallest absolute Gasteiger partial charge is 0.748 e. The molecule has 6 rings (SSSR count). The number of rotatable bonds is 20. The molecule has 3 aliphatic rings. The second-order valence-electron chi connectivity index (χ2n) is 19.0. The number of aliphatic carboxylic acids is 1. The van der Waals surface area contributed by atoms with Crippen LogP contribution < -0.4 is 64.0 Å². The van der Waals surface area contributed by atoms with Gasteiger partial charge in [0, 0.05) is 59.0 Å². The normalized spacial score (nSPS) is 18.4. The summed E-state index contributed by atoms with van der Waals surface area (Å²) in [4.78, 5) is 13.0. The molecule has 3 aromatic rings. The molecule has 0 aromatic heterocycles. The van der Waals surface area contributed by atoms with Crippen molar-refractivity contribution >= 4 is 69.1 Å². The van der Waals surface area contributed by atoms with E-state index in [2.05, 4.69) is 0 Å². The van der Waals surface area contributed by atoms with Gasteiger partial charge in [0.05, 0.1) is 41.4 Å². The monoisotopic (exact) mass is 1070 g/mol. The van der Waals surface area contributed by atoms with Gasteiger partial charge < -0.3 is 23.7 Å². The van der Waals surface area contributed by atoms with Crippen molar-refractivity contribution in [3.8, 4) is 0 Å². The summed E-state index contributed by atoms with van der Waals surface area (Å²) in [5.74, 6) is -2.57. The van der Waals surface area contributed by atoms with Gasteiger partial charge in [-0.25, -0.2) is 25.3 Å². The maximum Gasteiger partial charge on any atom is 1.00 e. The van der Waals surface area contributed by atoms with Gasteiger partial charge in [0.25, 0.3) is 10.1 Å². The SMILES string of the molecule is CC(CCc1cccc(C2=C(C=CC3=[N+](CCCCS(=O)(=O)[O-])c4ccc(S(=O)(=O)[O-])cc4C3(C)C)CCCC2=CC=C2N(CCCCS(=O)(=O)[O-])c3ccc(S(=O)(=O)O)cc3C2(C)C)c1)C(=O)O.[Na+].[Na+]. The second kappa shape index (κ2) is 23.8. The van der Waals surface area contributed by atoms with Crippen molar-refractivity contribution in [1.82, 2.24) is 0 Å². The Morgan fingerprint density at radius 1 is 0.775 bits per heavy atom. The molecule has 16 nitrogen and oxygen atoms in total. The second-order valence-corrected chi connectivity index (χ2v) is 24.8. The molecule has 22 heteroatoms. The van der Waals surface area contributed by atoms with Crippen LogP contribution in [-0.2, 0) is 62.5 Å². The number of hydrogen-bond donors (Lipinski definition) is 2. The Balaban J connectivity index is 0.00000548. The van der Waals surface area contributed by atoms with Crippen molar-refractivity contribution in [1.29, 1.82) is 0 Å². The van der Waals surface area contributed by atoms with Gasteiger partial charge in [-0.2, -0.15) is 13.0 Å². The third kappa shape index (κ3) is 15.0. The molecular weight excluding hydrogens is 1010 g/mol. The molecule has 0 amide bonds. The maximum absolute atomic E-state index is 12.3. The summed E-state index contributed by atoms with van der Waals surface area (Å²) >= 11 is 0. The Morgan fingerprint density at radius 3 is 2.03 bits per heavy atom. The molecule has 0 spiro atoms. The third-order valence-corrected chi connectivity index (χ3v) is 16.5. The molecule has 2 N–H and O–H groups in total. The number of carboxylic acid groups (broad SMARTS) is 1. The molecule has 3 aromatic carbocycles. The number of nitrogens with zero attached hydrogens (tertiary/aromatic N) is 2. The minimum absolute atomic E-state index is 0. The summed E-state index contributed by atoms with van der Waals surface area (Å²) in [7, 11) is -18.3. The molecule has 1 atom stereocenters. The Kier molecular flexibility index (Phi) is 20.4. The molecule has 0 saturated carbocycles. The number of anilines is 1. The van der Waals surface area contributed by atoms with E-state index in [-0.39, 0.29) is 83.4 Å². The van der Waals surface area contributed by atoms with Crippen molar-refractivity contribution in [2.75, 3.05) is 29.5 Å². The number of benzene rings is 3. The quantitative estimate of drug-likeness (QED) is 0.0700. The van der Waals surface area contributed by atoms with Crippen LogP contribution in [0.15, 0.2) is 112 Å². The molecule has 2 heterocycles. The summed E-state index contributed by atoms with van der Waals surface area (Å²) in [5, 5.41) is 9.61. The van der Waals surface area contributed by atoms with E-state index in [1.165, 1.54) is 24.3 Å². The van der Waals surface area contributed by atoms with Crippen LogP contribution in [0.1, 0.15) is 108 Å². The van der Waals surface area contributed by atoms with Gasteiger partial charge in [0.2, 0.25) is 5.69 Å². The van der Waals surface area contributed by atoms with Crippen LogP contribution in [-0.4, -0.2) is 97.8 Å². The molecular formula is C49H58N2Na2O14S4. The van der Waals surface area contributed by atoms with E-state index < -0.39 is 79.6 Å². The summed E-state index contributed by atoms with van der Waals surface area (Å²) in [5.41, 5.74) is 6.84. The Bertz CT molecular complexity index is 3160. The summed E-state index contributed by atoms with van der Waals surface area (Å²) in [6.45, 7) is 9.86. The zero-order valence-corrected chi connectivity index (χ0v) is 48.4. The summed E-state index contributed by atoms with van der Waals surface area (Å²) in [6.07, 6.45) is 11.6. The average Bonchev–Trinajstić information content (AvgIpc) is 3.59. The average molecular weight is 1070 g/mol. The van der Waals surface area contributed by atoms with Crippen molar-refractivity contribution in [2.45, 2.75) is 113 Å². The van der Waals surface area contributed by atoms with Crippen molar-refractivity contribution in [3.63, 3.8) is 0 Å². The van der Waals surface area contributed by atoms with Crippen molar-refractivity contribution in [2.24, 2.45) is 5.92 Å². The van der Waals surface area contributed by atoms with E-state index in [0.29, 0.717) is 67.6 Å². The minimum atomic E-state index is -4.81. The van der Waals surface area contributed by atoms with Gasteiger partial charge >= 0.3 is 65.1 Å². The van der Waals surface area contributed by atoms with Crippen LogP contribution >= 0.6 is 0 Å². The van der Waals surface area contributed by atoms with E-state index in [0.717, 1.165) is 45.7 Å². The maximum atomic E-state index is 12.3. The molecule has 0 bridgehead atoms. The van der Waals surface area contributed by atoms with Crippen LogP contribution in [0.3, 0.4) is 0 Å². The number of allylic oxidation sites excluding steroid dienone is 8. The number of unbranched alkanes of at least 4 members (excludes halogenated alkanes) is 2. The summed E-state index contributed by atoms with van der Waals surface area (Å²) in [6, 6.07) is 16.4. The van der Waals surface area contributed by atoms with Crippen LogP contribution in [0.4, 0.5) is 11.4 Å². The molecule has 0 fully saturated rings. The Labute approximate surface area is 462 Å². The predicted octanol–water partition coefficient (Wildman–Crippen LogP) is 1.33. The van der Waals surface area contributed by atoms with Crippen LogP contribution in [0.2, 0.25) is 0 Å². The largest absolute Gasteiger partial charge is 1.00 e. The molecule has 374 valence electrons. The van der Waals surface area contributed by atoms with Crippen LogP contribution in [0.5, 0.6) is 0 Å². The zero-order valence-electron chi connectivity index (χ0n) is 41.2. The van der Waals surface area contributed by atoms with Crippen LogP contribution in [0.25, 0.3) is 5.57 Å². The van der Waals surface area contributed by atoms with E-state index in [1.807, 2.05) is 85.7 Å². The number of hydrogen-bond acceptors (Lipinski definition) is 13. The number of carbonyl (C=O) groups is 1. The van der Waals surface area contributed by atoms with Gasteiger partial charge in [-0.05, 0) is 135 Å². The van der Waals surface area contributed by atoms with Gasteiger partial charge in [-0.1, -0.05) is 57.2 Å². The first-order valence-electron chi connectivity index (χ1n) is 22.7. The molecule has 1 aliphatic carbocycles. The molecule has 1 unspecified atom stereocenters. The first-order valence-corrected chi connectivity index (χ1v) is 28.7. The van der Waals surface area contributed by atoms with E-state index in [1.54, 1.807) is 19.1 Å². The molecule has 0 saturated heterocycles. The van der Waals surface area contributed by atoms with E-state index >= 15 is 0 Å². The number of fused-ring (bicyclic) bond motifs is 2. The fourth-order valence-corrected chi connectivity index (χ4v) is 11.7. The number of carboxylic acids is 1. The first kappa shape index (κ1) is 60.8. The van der Waals surface area contributed by atoms with Gasteiger partial charge in [0.15, 0.2) is 5.71 Å². The van der Waals surface area contributed by atoms with E-state index in [4.69, 9.17) is 0 Å². The fraction of sp³-hybridized carbons (Fsp3) is 0.429. The van der Waals surface area contributed by atoms with Crippen molar-refractivity contribution in [3.05, 3.63) is 124 Å². The first-order chi connectivity index (χ1) is 32.0. The molecule has 71 heavy (non-hydrogen) atoms. The van der Waals surface area contributed by atoms with Crippen molar-refractivity contribution < 1.29 is 125 Å². The standard InChI is InChI=1S/C49H60N2O14S4.2Na/c1-33(47(52)53)16-17-34-12-10-15-37(30-34)46-35(18-24-44-48(2,3)40-31-38(68(60,61)62)20-22-42(40)50(44)26-6-8-28-66(54,55)56)13-11-14-36(46)19-25-45-49(4,5)41-32-39(69(63,64)65)21-23-43(41)51(45)27-7-9-29-67(57,58)59;;/h10,12,15,18-25,30-33H,6-9,11,13-14,16-17,26-29H2,1-5H3,(H4-,52,53,54,55,56,57,58,59,60,61,62,63,64,65);;/q;2*+1/p-2. The van der Waals surface area contributed by atoms with Gasteiger partial charge in [-0.3, -0.25) is 9.35 Å². The topological polar surface area (TPSA) is 270 Å². The zero-order chi connectivity index (χ0) is 50.9. The predicted molar refractivity (Wildman–Crippen MR) is 259 cm³/mol. The van der Waals surface area contributed by atoms with Gasteiger partial charge in [-0.15, -0.1) is 0 Å². The Hall–Kier alpha value is -2.80. The third-order valence-electron chi connectivity index (χ3n) is 13.3. The molecule has 2 aliphatic heterocycles. The fourth-order valence-electron chi connectivity index (χ4n) is 9.58. The number of aryl methyl sites for hydroxylation is 1. The summed E-state index contributed by atoms with van der Waals surface area (Å²) < 4.78 is 142. The minimum Gasteiger partial charge on any atom is -0.748 e. The Morgan fingerprint density at radius 2 is 1.41 bits per heavy atom. The van der Waals surface area contributed by atoms with Gasteiger partial charge in [0.1, 0.15) is 16.7 Å². The molecule has 0 radical (unpaired) electrons. The van der Waals surface area contributed by atoms with E-state index in [9.17, 15) is 61.8 Å².